The number of carbonyl (C=O) groups is 2. The summed E-state index contributed by atoms with van der Waals surface area (Å²) in [5, 5.41) is 3.07. The number of Topliss-reactive ketones (excluding diaryl/α,β-unsaturated/α-hetero) is 1. The van der Waals surface area contributed by atoms with Gasteiger partial charge in [-0.2, -0.15) is 0 Å². The number of ketones is 1. The van der Waals surface area contributed by atoms with Crippen molar-refractivity contribution in [3.8, 4) is 0 Å². The summed E-state index contributed by atoms with van der Waals surface area (Å²) in [4.78, 5) is 25.3. The fourth-order valence-electron chi connectivity index (χ4n) is 2.87. The lowest BCUT2D eigenvalue weighted by Gasteiger charge is -2.33. The number of rotatable bonds is 1. The largest absolute Gasteiger partial charge is 0.335 e. The van der Waals surface area contributed by atoms with E-state index in [1.807, 2.05) is 13.8 Å². The van der Waals surface area contributed by atoms with Crippen LogP contribution in [-0.2, 0) is 4.79 Å². The highest BCUT2D eigenvalue weighted by Gasteiger charge is 2.40. The molecule has 4 heteroatoms. The van der Waals surface area contributed by atoms with Crippen LogP contribution in [-0.4, -0.2) is 34.8 Å². The van der Waals surface area contributed by atoms with Crippen molar-refractivity contribution in [2.45, 2.75) is 64.0 Å². The van der Waals surface area contributed by atoms with Gasteiger partial charge in [-0.15, -0.1) is 0 Å². The smallest absolute Gasteiger partial charge is 0.318 e. The summed E-state index contributed by atoms with van der Waals surface area (Å²) in [5.41, 5.74) is -0.324. The van der Waals surface area contributed by atoms with E-state index in [9.17, 15) is 9.59 Å². The summed E-state index contributed by atoms with van der Waals surface area (Å²) in [6, 6.07) is 0.246. The van der Waals surface area contributed by atoms with Crippen LogP contribution < -0.4 is 5.32 Å². The summed E-state index contributed by atoms with van der Waals surface area (Å²) in [5.74, 6) is 0.161. The van der Waals surface area contributed by atoms with Gasteiger partial charge in [0.2, 0.25) is 0 Å². The number of amides is 2. The van der Waals surface area contributed by atoms with Gasteiger partial charge in [0.15, 0.2) is 5.78 Å². The van der Waals surface area contributed by atoms with Gasteiger partial charge in [-0.05, 0) is 26.7 Å². The lowest BCUT2D eigenvalue weighted by atomic mass is 9.95. The second-order valence-corrected chi connectivity index (χ2v) is 5.90. The van der Waals surface area contributed by atoms with Gasteiger partial charge >= 0.3 is 6.03 Å². The predicted octanol–water partition coefficient (Wildman–Crippen LogP) is 2.08. The molecule has 0 aromatic rings. The molecule has 0 atom stereocenters. The molecule has 1 saturated carbocycles. The highest BCUT2D eigenvalue weighted by atomic mass is 16.2. The molecule has 0 aromatic carbocycles. The first-order valence-electron chi connectivity index (χ1n) is 6.59. The summed E-state index contributed by atoms with van der Waals surface area (Å²) >= 11 is 0. The second-order valence-electron chi connectivity index (χ2n) is 5.90. The predicted molar refractivity (Wildman–Crippen MR) is 65.8 cm³/mol. The molecule has 0 spiro atoms. The molecule has 2 fully saturated rings. The monoisotopic (exact) mass is 238 g/mol. The molecule has 1 saturated heterocycles. The molecule has 1 N–H and O–H groups in total. The maximum Gasteiger partial charge on any atom is 0.318 e. The van der Waals surface area contributed by atoms with Crippen LogP contribution in [0.1, 0.15) is 52.4 Å². The van der Waals surface area contributed by atoms with E-state index in [2.05, 4.69) is 5.32 Å². The van der Waals surface area contributed by atoms with Gasteiger partial charge in [-0.25, -0.2) is 4.79 Å². The normalized spacial score (nSPS) is 25.1. The van der Waals surface area contributed by atoms with E-state index in [1.54, 1.807) is 4.90 Å². The van der Waals surface area contributed by atoms with E-state index in [0.29, 0.717) is 12.5 Å². The Bertz CT molecular complexity index is 319. The number of hydrogen-bond donors (Lipinski definition) is 1. The minimum atomic E-state index is -0.324. The molecule has 96 valence electrons. The van der Waals surface area contributed by atoms with E-state index >= 15 is 0 Å². The molecule has 1 aliphatic carbocycles. The maximum atomic E-state index is 12.1. The van der Waals surface area contributed by atoms with Gasteiger partial charge in [0.25, 0.3) is 0 Å². The fourth-order valence-corrected chi connectivity index (χ4v) is 2.87. The molecule has 2 aliphatic rings. The topological polar surface area (TPSA) is 49.4 Å². The minimum Gasteiger partial charge on any atom is -0.335 e. The zero-order valence-corrected chi connectivity index (χ0v) is 10.8. The molecule has 0 aromatic heterocycles. The van der Waals surface area contributed by atoms with Crippen LogP contribution in [0, 0.1) is 0 Å². The molecule has 4 nitrogen and oxygen atoms in total. The Balaban J connectivity index is 1.93. The Kier molecular flexibility index (Phi) is 3.40. The maximum absolute atomic E-state index is 12.1. The molecular weight excluding hydrogens is 216 g/mol. The summed E-state index contributed by atoms with van der Waals surface area (Å²) < 4.78 is 0. The van der Waals surface area contributed by atoms with Crippen LogP contribution >= 0.6 is 0 Å². The van der Waals surface area contributed by atoms with Crippen LogP contribution in [0.15, 0.2) is 0 Å². The highest BCUT2D eigenvalue weighted by Crippen LogP contribution is 2.26. The molecular formula is C13H22N2O2. The average molecular weight is 238 g/mol. The first kappa shape index (κ1) is 12.4. The number of nitrogens with one attached hydrogen (secondary N) is 1. The zero-order chi connectivity index (χ0) is 12.5. The van der Waals surface area contributed by atoms with Crippen LogP contribution in [0.3, 0.4) is 0 Å². The third-order valence-electron chi connectivity index (χ3n) is 3.87. The highest BCUT2D eigenvalue weighted by molar-refractivity contribution is 5.90. The molecule has 0 unspecified atom stereocenters. The van der Waals surface area contributed by atoms with E-state index in [-0.39, 0.29) is 23.9 Å². The van der Waals surface area contributed by atoms with Gasteiger partial charge in [-0.3, -0.25) is 4.79 Å². The molecule has 17 heavy (non-hydrogen) atoms. The second kappa shape index (κ2) is 4.67. The third kappa shape index (κ3) is 2.79. The Morgan fingerprint density at radius 2 is 1.94 bits per heavy atom. The number of likely N-dealkylation sites (tertiary alicyclic amines) is 1. The van der Waals surface area contributed by atoms with Gasteiger partial charge < -0.3 is 10.2 Å². The van der Waals surface area contributed by atoms with Gasteiger partial charge in [0, 0.05) is 18.0 Å². The first-order valence-corrected chi connectivity index (χ1v) is 6.59. The van der Waals surface area contributed by atoms with Crippen LogP contribution in [0.5, 0.6) is 0 Å². The Labute approximate surface area is 103 Å². The SMILES string of the molecule is CC1(C)CC(=O)CN1C(=O)NC1CCCCC1. The minimum absolute atomic E-state index is 0.0623. The van der Waals surface area contributed by atoms with Crippen molar-refractivity contribution < 1.29 is 9.59 Å². The van der Waals surface area contributed by atoms with E-state index < -0.39 is 0 Å². The first-order chi connectivity index (χ1) is 7.99. The Morgan fingerprint density at radius 1 is 1.29 bits per heavy atom. The average Bonchev–Trinajstić information content (AvgIpc) is 2.53. The Morgan fingerprint density at radius 3 is 2.47 bits per heavy atom. The van der Waals surface area contributed by atoms with Gasteiger partial charge in [0.05, 0.1) is 6.54 Å². The summed E-state index contributed by atoms with van der Waals surface area (Å²) in [7, 11) is 0. The van der Waals surface area contributed by atoms with E-state index in [1.165, 1.54) is 19.3 Å². The van der Waals surface area contributed by atoms with Crippen LogP contribution in [0.2, 0.25) is 0 Å². The van der Waals surface area contributed by atoms with Crippen molar-refractivity contribution in [2.24, 2.45) is 0 Å². The zero-order valence-electron chi connectivity index (χ0n) is 10.8. The number of carbonyl (C=O) groups excluding carboxylic acids is 2. The molecule has 2 amide bonds. The number of hydrogen-bond acceptors (Lipinski definition) is 2. The van der Waals surface area contributed by atoms with E-state index in [0.717, 1.165) is 12.8 Å². The van der Waals surface area contributed by atoms with Gasteiger partial charge in [0.1, 0.15) is 0 Å². The molecule has 1 heterocycles. The lowest BCUT2D eigenvalue weighted by molar-refractivity contribution is -0.116. The van der Waals surface area contributed by atoms with Gasteiger partial charge in [-0.1, -0.05) is 19.3 Å². The molecule has 0 bridgehead atoms. The molecule has 0 radical (unpaired) electrons. The van der Waals surface area contributed by atoms with Crippen molar-refractivity contribution >= 4 is 11.8 Å². The quantitative estimate of drug-likeness (QED) is 0.760. The Hall–Kier alpha value is -1.06. The molecule has 1 aliphatic heterocycles. The number of nitrogens with zero attached hydrogens (tertiary/aromatic N) is 1. The number of urea groups is 1. The van der Waals surface area contributed by atoms with Crippen LogP contribution in [0.25, 0.3) is 0 Å². The third-order valence-corrected chi connectivity index (χ3v) is 3.87. The lowest BCUT2D eigenvalue weighted by Crippen LogP contribution is -2.51. The fraction of sp³-hybridized carbons (Fsp3) is 0.846. The van der Waals surface area contributed by atoms with Crippen molar-refractivity contribution in [2.75, 3.05) is 6.54 Å². The van der Waals surface area contributed by atoms with Crippen molar-refractivity contribution in [3.05, 3.63) is 0 Å². The summed E-state index contributed by atoms with van der Waals surface area (Å²) in [6.45, 7) is 4.18. The van der Waals surface area contributed by atoms with Crippen LogP contribution in [0.4, 0.5) is 4.79 Å². The van der Waals surface area contributed by atoms with Crippen molar-refractivity contribution in [1.82, 2.24) is 10.2 Å². The standard InChI is InChI=1S/C13H22N2O2/c1-13(2)8-11(16)9-15(13)12(17)14-10-6-4-3-5-7-10/h10H,3-9H2,1-2H3,(H,14,17). The summed E-state index contributed by atoms with van der Waals surface area (Å²) in [6.07, 6.45) is 6.31. The van der Waals surface area contributed by atoms with E-state index in [4.69, 9.17) is 0 Å². The molecule has 2 rings (SSSR count). The van der Waals surface area contributed by atoms with Crippen molar-refractivity contribution in [3.63, 3.8) is 0 Å². The van der Waals surface area contributed by atoms with Crippen molar-refractivity contribution in [1.29, 1.82) is 0 Å².